The molecule has 1 fully saturated rings. The summed E-state index contributed by atoms with van der Waals surface area (Å²) in [5, 5.41) is 9.55. The first-order chi connectivity index (χ1) is 11.8. The second-order valence-electron chi connectivity index (χ2n) is 5.71. The number of pyridine rings is 1. The van der Waals surface area contributed by atoms with Crippen LogP contribution in [0.1, 0.15) is 10.4 Å². The van der Waals surface area contributed by atoms with Crippen LogP contribution in [-0.4, -0.2) is 21.6 Å². The van der Waals surface area contributed by atoms with E-state index in [0.717, 1.165) is 23.9 Å². The highest BCUT2D eigenvalue weighted by atomic mass is 32.2. The molecular formula is C18H17N3OS2. The molecule has 0 radical (unpaired) electrons. The van der Waals surface area contributed by atoms with Crippen molar-refractivity contribution in [2.24, 2.45) is 0 Å². The number of aromatic nitrogens is 1. The van der Waals surface area contributed by atoms with E-state index in [1.165, 1.54) is 10.4 Å². The molecule has 1 saturated heterocycles. The Labute approximate surface area is 148 Å². The van der Waals surface area contributed by atoms with E-state index >= 15 is 0 Å². The Morgan fingerprint density at radius 1 is 1.21 bits per heavy atom. The molecule has 24 heavy (non-hydrogen) atoms. The molecule has 1 amide bonds. The first-order valence-electron chi connectivity index (χ1n) is 7.83. The molecule has 2 N–H and O–H groups in total. The normalized spacial score (nSPS) is 20.4. The van der Waals surface area contributed by atoms with Gasteiger partial charge in [-0.25, -0.2) is 0 Å². The van der Waals surface area contributed by atoms with Crippen LogP contribution < -0.4 is 10.6 Å². The van der Waals surface area contributed by atoms with Gasteiger partial charge in [-0.2, -0.15) is 0 Å². The van der Waals surface area contributed by atoms with Crippen molar-refractivity contribution in [3.05, 3.63) is 64.5 Å². The second-order valence-corrected chi connectivity index (χ2v) is 8.05. The van der Waals surface area contributed by atoms with Crippen LogP contribution in [0.2, 0.25) is 0 Å². The lowest BCUT2D eigenvalue weighted by atomic mass is 10.1. The van der Waals surface area contributed by atoms with Crippen LogP contribution in [0.3, 0.4) is 0 Å². The summed E-state index contributed by atoms with van der Waals surface area (Å²) >= 11 is 3.38. The number of nitrogens with one attached hydrogen (secondary N) is 2. The third-order valence-electron chi connectivity index (χ3n) is 4.00. The topological polar surface area (TPSA) is 54.0 Å². The van der Waals surface area contributed by atoms with Gasteiger partial charge in [0.2, 0.25) is 5.91 Å². The number of benzene rings is 1. The predicted molar refractivity (Wildman–Crippen MR) is 99.9 cm³/mol. The van der Waals surface area contributed by atoms with Crippen LogP contribution in [-0.2, 0) is 17.8 Å². The molecule has 2 unspecified atom stereocenters. The van der Waals surface area contributed by atoms with Crippen molar-refractivity contribution in [3.63, 3.8) is 0 Å². The van der Waals surface area contributed by atoms with Gasteiger partial charge < -0.3 is 5.32 Å². The van der Waals surface area contributed by atoms with Crippen LogP contribution in [0.15, 0.2) is 54.0 Å². The van der Waals surface area contributed by atoms with Gasteiger partial charge in [0, 0.05) is 23.0 Å². The number of thiophene rings is 1. The standard InChI is InChI=1S/C18H17N3OS2/c22-17-16(24-18(21-17)20-11-14-4-2-8-23-14)10-12-5-6-15-13(9-12)3-1-7-19-15/h1-9,16,18,20H,10-11H2,(H,21,22). The van der Waals surface area contributed by atoms with Gasteiger partial charge in [-0.05, 0) is 41.6 Å². The van der Waals surface area contributed by atoms with Gasteiger partial charge >= 0.3 is 0 Å². The van der Waals surface area contributed by atoms with Crippen LogP contribution >= 0.6 is 23.1 Å². The van der Waals surface area contributed by atoms with Gasteiger partial charge in [-0.3, -0.25) is 15.1 Å². The Hall–Kier alpha value is -1.89. The lowest BCUT2D eigenvalue weighted by Gasteiger charge is -2.11. The maximum Gasteiger partial charge on any atom is 0.235 e. The molecule has 6 heteroatoms. The molecule has 3 aromatic rings. The van der Waals surface area contributed by atoms with E-state index in [0.29, 0.717) is 0 Å². The number of hydrogen-bond donors (Lipinski definition) is 2. The van der Waals surface area contributed by atoms with Gasteiger partial charge in [0.25, 0.3) is 0 Å². The minimum Gasteiger partial charge on any atom is -0.331 e. The average molecular weight is 355 g/mol. The Morgan fingerprint density at radius 3 is 3.04 bits per heavy atom. The summed E-state index contributed by atoms with van der Waals surface area (Å²) in [6, 6.07) is 14.3. The fourth-order valence-electron chi connectivity index (χ4n) is 2.79. The van der Waals surface area contributed by atoms with Gasteiger partial charge in [-0.1, -0.05) is 18.2 Å². The largest absolute Gasteiger partial charge is 0.331 e. The molecule has 0 saturated carbocycles. The van der Waals surface area contributed by atoms with Gasteiger partial charge in [0.15, 0.2) is 0 Å². The molecule has 1 aliphatic heterocycles. The van der Waals surface area contributed by atoms with Crippen LogP contribution in [0.25, 0.3) is 10.9 Å². The maximum absolute atomic E-state index is 12.2. The number of carbonyl (C=O) groups is 1. The SMILES string of the molecule is O=C1NC(NCc2cccs2)SC1Cc1ccc2ncccc2c1. The Balaban J connectivity index is 1.39. The van der Waals surface area contributed by atoms with Crippen molar-refractivity contribution < 1.29 is 4.79 Å². The van der Waals surface area contributed by atoms with Crippen molar-refractivity contribution in [2.45, 2.75) is 23.7 Å². The predicted octanol–water partition coefficient (Wildman–Crippen LogP) is 3.14. The summed E-state index contributed by atoms with van der Waals surface area (Å²) in [6.45, 7) is 0.782. The maximum atomic E-state index is 12.2. The van der Waals surface area contributed by atoms with E-state index in [1.807, 2.05) is 18.2 Å². The molecule has 1 aromatic carbocycles. The number of carbonyl (C=O) groups excluding carboxylic acids is 1. The molecule has 0 spiro atoms. The Bertz CT molecular complexity index is 850. The monoisotopic (exact) mass is 355 g/mol. The minimum atomic E-state index is -0.0556. The summed E-state index contributed by atoms with van der Waals surface area (Å²) in [5.74, 6) is 0.106. The lowest BCUT2D eigenvalue weighted by molar-refractivity contribution is -0.120. The Kier molecular flexibility index (Phi) is 4.51. The van der Waals surface area contributed by atoms with E-state index in [1.54, 1.807) is 29.3 Å². The summed E-state index contributed by atoms with van der Waals surface area (Å²) in [4.78, 5) is 17.8. The van der Waals surface area contributed by atoms with E-state index in [9.17, 15) is 4.79 Å². The van der Waals surface area contributed by atoms with Crippen LogP contribution in [0, 0.1) is 0 Å². The summed E-state index contributed by atoms with van der Waals surface area (Å²) in [6.07, 6.45) is 2.53. The number of thioether (sulfide) groups is 1. The number of rotatable bonds is 5. The summed E-state index contributed by atoms with van der Waals surface area (Å²) in [5.41, 5.74) is 2.13. The van der Waals surface area contributed by atoms with Crippen molar-refractivity contribution >= 4 is 39.9 Å². The van der Waals surface area contributed by atoms with Crippen molar-refractivity contribution in [1.29, 1.82) is 0 Å². The van der Waals surface area contributed by atoms with E-state index in [2.05, 4.69) is 45.3 Å². The minimum absolute atomic E-state index is 0.0216. The molecular weight excluding hydrogens is 338 g/mol. The number of hydrogen-bond acceptors (Lipinski definition) is 5. The smallest absolute Gasteiger partial charge is 0.235 e. The first kappa shape index (κ1) is 15.6. The van der Waals surface area contributed by atoms with Crippen molar-refractivity contribution in [3.8, 4) is 0 Å². The highest BCUT2D eigenvalue weighted by Gasteiger charge is 2.32. The van der Waals surface area contributed by atoms with E-state index in [-0.39, 0.29) is 16.7 Å². The first-order valence-corrected chi connectivity index (χ1v) is 9.65. The van der Waals surface area contributed by atoms with E-state index < -0.39 is 0 Å². The number of nitrogens with zero attached hydrogens (tertiary/aromatic N) is 1. The zero-order valence-electron chi connectivity index (χ0n) is 12.9. The van der Waals surface area contributed by atoms with Gasteiger partial charge in [0.1, 0.15) is 5.50 Å². The third kappa shape index (κ3) is 3.45. The van der Waals surface area contributed by atoms with Gasteiger partial charge in [-0.15, -0.1) is 23.1 Å². The van der Waals surface area contributed by atoms with Crippen LogP contribution in [0.5, 0.6) is 0 Å². The van der Waals surface area contributed by atoms with Gasteiger partial charge in [0.05, 0.1) is 10.8 Å². The third-order valence-corrected chi connectivity index (χ3v) is 6.14. The second kappa shape index (κ2) is 6.93. The summed E-state index contributed by atoms with van der Waals surface area (Å²) in [7, 11) is 0. The number of amides is 1. The van der Waals surface area contributed by atoms with Crippen molar-refractivity contribution in [2.75, 3.05) is 0 Å². The lowest BCUT2D eigenvalue weighted by Crippen LogP contribution is -2.37. The molecule has 4 rings (SSSR count). The molecule has 3 heterocycles. The molecule has 122 valence electrons. The highest BCUT2D eigenvalue weighted by molar-refractivity contribution is 8.01. The molecule has 0 aliphatic carbocycles. The molecule has 2 atom stereocenters. The molecule has 4 nitrogen and oxygen atoms in total. The van der Waals surface area contributed by atoms with Crippen molar-refractivity contribution in [1.82, 2.24) is 15.6 Å². The van der Waals surface area contributed by atoms with Crippen LogP contribution in [0.4, 0.5) is 0 Å². The summed E-state index contributed by atoms with van der Waals surface area (Å²) < 4.78 is 0. The van der Waals surface area contributed by atoms with E-state index in [4.69, 9.17) is 0 Å². The molecule has 1 aliphatic rings. The number of fused-ring (bicyclic) bond motifs is 1. The molecule has 2 aromatic heterocycles. The zero-order valence-corrected chi connectivity index (χ0v) is 14.6. The quantitative estimate of drug-likeness (QED) is 0.738. The molecule has 0 bridgehead atoms. The fraction of sp³-hybridized carbons (Fsp3) is 0.222. The fourth-order valence-corrected chi connectivity index (χ4v) is 4.62. The Morgan fingerprint density at radius 2 is 2.17 bits per heavy atom. The zero-order chi connectivity index (χ0) is 16.4. The highest BCUT2D eigenvalue weighted by Crippen LogP contribution is 2.26. The average Bonchev–Trinajstić information content (AvgIpc) is 3.23.